The Morgan fingerprint density at radius 3 is 2.48 bits per heavy atom. The summed E-state index contributed by atoms with van der Waals surface area (Å²) in [5.41, 5.74) is 3.63. The molecule has 7 nitrogen and oxygen atoms in total. The minimum atomic E-state index is -3.31. The summed E-state index contributed by atoms with van der Waals surface area (Å²) in [5.74, 6) is 1.31. The van der Waals surface area contributed by atoms with Gasteiger partial charge in [0.05, 0.1) is 22.0 Å². The fraction of sp³-hybridized carbons (Fsp3) is 0.286. The van der Waals surface area contributed by atoms with Gasteiger partial charge < -0.3 is 14.0 Å². The molecule has 0 radical (unpaired) electrons. The zero-order chi connectivity index (χ0) is 20.2. The molecule has 2 aliphatic rings. The summed E-state index contributed by atoms with van der Waals surface area (Å²) in [4.78, 5) is 0. The molecule has 3 aromatic rings. The molecule has 148 valence electrons. The van der Waals surface area contributed by atoms with E-state index in [2.05, 4.69) is 15.4 Å². The Morgan fingerprint density at radius 1 is 1.17 bits per heavy atom. The molecule has 5 rings (SSSR count). The van der Waals surface area contributed by atoms with E-state index in [0.717, 1.165) is 22.2 Å². The second-order valence-electron chi connectivity index (χ2n) is 7.23. The Kier molecular flexibility index (Phi) is 3.96. The maximum atomic E-state index is 12.2. The van der Waals surface area contributed by atoms with Crippen LogP contribution in [0.1, 0.15) is 25.3 Å². The maximum absolute atomic E-state index is 12.2. The van der Waals surface area contributed by atoms with E-state index in [9.17, 15) is 13.7 Å². The molecule has 1 N–H and O–H groups in total. The van der Waals surface area contributed by atoms with E-state index in [0.29, 0.717) is 42.1 Å². The number of ether oxygens (including phenoxy) is 2. The van der Waals surface area contributed by atoms with Crippen LogP contribution >= 0.6 is 0 Å². The van der Waals surface area contributed by atoms with Crippen molar-refractivity contribution in [3.8, 4) is 28.8 Å². The number of nitriles is 1. The summed E-state index contributed by atoms with van der Waals surface area (Å²) in [6, 6.07) is 13.2. The largest absolute Gasteiger partial charge is 0.454 e. The number of anilines is 1. The van der Waals surface area contributed by atoms with Crippen molar-refractivity contribution in [3.63, 3.8) is 0 Å². The molecule has 0 unspecified atom stereocenters. The van der Waals surface area contributed by atoms with Gasteiger partial charge in [-0.15, -0.1) is 0 Å². The van der Waals surface area contributed by atoms with E-state index in [1.807, 2.05) is 31.2 Å². The fourth-order valence-electron chi connectivity index (χ4n) is 3.80. The van der Waals surface area contributed by atoms with Crippen molar-refractivity contribution in [1.29, 1.82) is 5.26 Å². The number of aryl methyl sites for hydroxylation is 1. The molecule has 2 aromatic carbocycles. The number of nitrogens with zero attached hydrogens (tertiary/aromatic N) is 2. The Morgan fingerprint density at radius 2 is 1.86 bits per heavy atom. The van der Waals surface area contributed by atoms with Crippen LogP contribution in [0.3, 0.4) is 0 Å². The monoisotopic (exact) mass is 409 g/mol. The minimum absolute atomic E-state index is 0.182. The molecular weight excluding hydrogens is 390 g/mol. The molecule has 29 heavy (non-hydrogen) atoms. The highest BCUT2D eigenvalue weighted by Gasteiger charge is 2.35. The Balaban J connectivity index is 1.60. The third-order valence-corrected chi connectivity index (χ3v) is 7.24. The smallest absolute Gasteiger partial charge is 0.235 e. The molecule has 0 spiro atoms. The van der Waals surface area contributed by atoms with Gasteiger partial charge >= 0.3 is 0 Å². The van der Waals surface area contributed by atoms with Crippen LogP contribution in [0, 0.1) is 11.3 Å². The number of benzene rings is 2. The molecule has 0 atom stereocenters. The predicted molar refractivity (Wildman–Crippen MR) is 109 cm³/mol. The zero-order valence-corrected chi connectivity index (χ0v) is 16.6. The summed E-state index contributed by atoms with van der Waals surface area (Å²) in [6.45, 7) is 2.87. The van der Waals surface area contributed by atoms with Gasteiger partial charge in [-0.25, -0.2) is 8.42 Å². The number of sulfonamides is 1. The Hall–Kier alpha value is -3.18. The van der Waals surface area contributed by atoms with E-state index < -0.39 is 10.0 Å². The average Bonchev–Trinajstić information content (AvgIpc) is 3.41. The molecule has 0 amide bonds. The van der Waals surface area contributed by atoms with Crippen molar-refractivity contribution >= 4 is 26.6 Å². The quantitative estimate of drug-likeness (QED) is 0.691. The first-order chi connectivity index (χ1) is 14.0. The van der Waals surface area contributed by atoms with Crippen LogP contribution in [0.25, 0.3) is 22.2 Å². The second kappa shape index (κ2) is 6.42. The van der Waals surface area contributed by atoms with Crippen molar-refractivity contribution in [2.24, 2.45) is 0 Å². The van der Waals surface area contributed by atoms with Crippen molar-refractivity contribution in [2.45, 2.75) is 31.6 Å². The summed E-state index contributed by atoms with van der Waals surface area (Å²) >= 11 is 0. The van der Waals surface area contributed by atoms with E-state index in [1.165, 1.54) is 0 Å². The van der Waals surface area contributed by atoms with Crippen LogP contribution in [0.2, 0.25) is 0 Å². The Labute approximate surface area is 168 Å². The number of hydrogen-bond donors (Lipinski definition) is 1. The fourth-order valence-corrected chi connectivity index (χ4v) is 5.19. The highest BCUT2D eigenvalue weighted by atomic mass is 32.2. The molecule has 2 heterocycles. The minimum Gasteiger partial charge on any atom is -0.454 e. The molecular formula is C21H19N3O4S. The summed E-state index contributed by atoms with van der Waals surface area (Å²) in [5, 5.41) is 10.4. The van der Waals surface area contributed by atoms with Gasteiger partial charge in [-0.2, -0.15) is 5.26 Å². The lowest BCUT2D eigenvalue weighted by atomic mass is 10.1. The predicted octanol–water partition coefficient (Wildman–Crippen LogP) is 3.83. The molecule has 1 aliphatic carbocycles. The first-order valence-electron chi connectivity index (χ1n) is 9.50. The number of aromatic nitrogens is 1. The third-order valence-electron chi connectivity index (χ3n) is 5.37. The van der Waals surface area contributed by atoms with Crippen LogP contribution in [-0.4, -0.2) is 25.0 Å². The van der Waals surface area contributed by atoms with Crippen molar-refractivity contribution in [1.82, 2.24) is 4.57 Å². The summed E-state index contributed by atoms with van der Waals surface area (Å²) in [7, 11) is -3.31. The molecule has 8 heteroatoms. The lowest BCUT2D eigenvalue weighted by Gasteiger charge is -2.11. The van der Waals surface area contributed by atoms with Gasteiger partial charge in [-0.05, 0) is 43.5 Å². The highest BCUT2D eigenvalue weighted by molar-refractivity contribution is 7.93. The summed E-state index contributed by atoms with van der Waals surface area (Å²) < 4.78 is 40.0. The lowest BCUT2D eigenvalue weighted by Crippen LogP contribution is -2.17. The van der Waals surface area contributed by atoms with Gasteiger partial charge in [0.1, 0.15) is 6.07 Å². The number of rotatable bonds is 5. The van der Waals surface area contributed by atoms with Gasteiger partial charge in [0, 0.05) is 23.7 Å². The van der Waals surface area contributed by atoms with Crippen LogP contribution in [0.15, 0.2) is 36.4 Å². The van der Waals surface area contributed by atoms with Gasteiger partial charge in [0.2, 0.25) is 16.8 Å². The van der Waals surface area contributed by atoms with Gasteiger partial charge in [0.25, 0.3) is 0 Å². The molecule has 0 bridgehead atoms. The molecule has 1 aliphatic heterocycles. The summed E-state index contributed by atoms with van der Waals surface area (Å²) in [6.07, 6.45) is 1.43. The Bertz CT molecular complexity index is 1270. The van der Waals surface area contributed by atoms with Crippen molar-refractivity contribution in [2.75, 3.05) is 11.5 Å². The number of nitrogens with one attached hydrogen (secondary N) is 1. The molecule has 1 saturated carbocycles. The number of fused-ring (bicyclic) bond motifs is 2. The van der Waals surface area contributed by atoms with Gasteiger partial charge in [-0.3, -0.25) is 4.72 Å². The first kappa shape index (κ1) is 17.9. The third kappa shape index (κ3) is 2.89. The van der Waals surface area contributed by atoms with Crippen molar-refractivity contribution in [3.05, 3.63) is 42.0 Å². The maximum Gasteiger partial charge on any atom is 0.235 e. The van der Waals surface area contributed by atoms with E-state index in [-0.39, 0.29) is 12.0 Å². The van der Waals surface area contributed by atoms with Gasteiger partial charge in [0.15, 0.2) is 11.5 Å². The van der Waals surface area contributed by atoms with E-state index in [4.69, 9.17) is 9.47 Å². The molecule has 1 aromatic heterocycles. The first-order valence-corrected chi connectivity index (χ1v) is 11.0. The van der Waals surface area contributed by atoms with E-state index in [1.54, 1.807) is 12.1 Å². The molecule has 1 fully saturated rings. The van der Waals surface area contributed by atoms with Gasteiger partial charge in [-0.1, -0.05) is 12.1 Å². The SMILES string of the molecule is CCn1c(-c2ccc(NS(=O)(=O)C3CC3)cc2)c(C#N)c2cc3c(cc21)OCO3. The zero-order valence-electron chi connectivity index (χ0n) is 15.8. The standard InChI is InChI=1S/C21H19N3O4S/c1-2-24-18-10-20-19(27-12-28-20)9-16(18)17(11-22)21(24)13-3-5-14(6-4-13)23-29(25,26)15-7-8-15/h3-6,9-10,15,23H,2,7-8,12H2,1H3. The normalized spacial score (nSPS) is 15.4. The lowest BCUT2D eigenvalue weighted by molar-refractivity contribution is 0.174. The van der Waals surface area contributed by atoms with Crippen LogP contribution in [0.4, 0.5) is 5.69 Å². The topological polar surface area (TPSA) is 93.4 Å². The molecule has 0 saturated heterocycles. The van der Waals surface area contributed by atoms with Crippen LogP contribution < -0.4 is 14.2 Å². The van der Waals surface area contributed by atoms with Crippen molar-refractivity contribution < 1.29 is 17.9 Å². The van der Waals surface area contributed by atoms with E-state index >= 15 is 0 Å². The van der Waals surface area contributed by atoms with Crippen LogP contribution in [-0.2, 0) is 16.6 Å². The average molecular weight is 409 g/mol. The second-order valence-corrected chi connectivity index (χ2v) is 9.19. The highest BCUT2D eigenvalue weighted by Crippen LogP contribution is 2.41. The number of hydrogen-bond acceptors (Lipinski definition) is 5. The van der Waals surface area contributed by atoms with Crippen LogP contribution in [0.5, 0.6) is 11.5 Å².